The number of aryl methyl sites for hydroxylation is 2. The summed E-state index contributed by atoms with van der Waals surface area (Å²) >= 11 is 1.85. The van der Waals surface area contributed by atoms with Crippen molar-refractivity contribution in [3.8, 4) is 11.4 Å². The Morgan fingerprint density at radius 2 is 1.96 bits per heavy atom. The third-order valence-corrected chi connectivity index (χ3v) is 6.81. The highest BCUT2D eigenvalue weighted by molar-refractivity contribution is 7.19. The first-order valence-corrected chi connectivity index (χ1v) is 10.6. The van der Waals surface area contributed by atoms with Crippen molar-refractivity contribution >= 4 is 27.4 Å². The third-order valence-electron chi connectivity index (χ3n) is 5.62. The Kier molecular flexibility index (Phi) is 4.13. The number of anilines is 1. The van der Waals surface area contributed by atoms with Gasteiger partial charge in [-0.05, 0) is 63.6 Å². The number of pyridine rings is 1. The minimum Gasteiger partial charge on any atom is -0.368 e. The lowest BCUT2D eigenvalue weighted by Gasteiger charge is -2.44. The van der Waals surface area contributed by atoms with Gasteiger partial charge in [0.05, 0.1) is 5.39 Å². The van der Waals surface area contributed by atoms with E-state index in [-0.39, 0.29) is 5.54 Å². The molecular weight excluding hydrogens is 354 g/mol. The zero-order valence-corrected chi connectivity index (χ0v) is 16.7. The second kappa shape index (κ2) is 6.53. The highest BCUT2D eigenvalue weighted by Crippen LogP contribution is 2.39. The van der Waals surface area contributed by atoms with Crippen molar-refractivity contribution in [1.29, 1.82) is 0 Å². The van der Waals surface area contributed by atoms with E-state index in [0.29, 0.717) is 6.04 Å². The molecule has 4 heterocycles. The van der Waals surface area contributed by atoms with Crippen LogP contribution in [0.1, 0.15) is 43.6 Å². The number of thiophene rings is 1. The van der Waals surface area contributed by atoms with Gasteiger partial charge in [0.1, 0.15) is 10.6 Å². The molecule has 5 nitrogen and oxygen atoms in total. The fourth-order valence-electron chi connectivity index (χ4n) is 4.41. The van der Waals surface area contributed by atoms with Crippen LogP contribution in [-0.4, -0.2) is 33.1 Å². The van der Waals surface area contributed by atoms with Crippen molar-refractivity contribution in [3.05, 3.63) is 35.0 Å². The molecular formula is C21H25N5S. The van der Waals surface area contributed by atoms with Crippen LogP contribution in [0.15, 0.2) is 24.5 Å². The molecule has 0 radical (unpaired) electrons. The summed E-state index contributed by atoms with van der Waals surface area (Å²) in [5.41, 5.74) is 2.76. The first-order chi connectivity index (χ1) is 13.1. The molecule has 0 unspecified atom stereocenters. The van der Waals surface area contributed by atoms with Crippen LogP contribution in [0.3, 0.4) is 0 Å². The molecule has 1 aliphatic heterocycles. The van der Waals surface area contributed by atoms with Crippen molar-refractivity contribution in [2.75, 3.05) is 11.9 Å². The van der Waals surface area contributed by atoms with Gasteiger partial charge < -0.3 is 10.6 Å². The third kappa shape index (κ3) is 3.21. The molecule has 140 valence electrons. The summed E-state index contributed by atoms with van der Waals surface area (Å²) in [6.45, 7) is 5.41. The molecule has 1 atom stereocenters. The number of aromatic nitrogens is 3. The summed E-state index contributed by atoms with van der Waals surface area (Å²) in [5.74, 6) is 1.78. The maximum Gasteiger partial charge on any atom is 0.163 e. The lowest BCUT2D eigenvalue weighted by Crippen LogP contribution is -2.62. The highest BCUT2D eigenvalue weighted by atomic mass is 32.1. The standard InChI is InChI=1S/C21H25N5S/c1-21(2)11-14(26-21)12-23-19-17-15-5-3-4-6-16(15)27-20(17)25-18(24-19)13-7-9-22-10-8-13/h7-10,14,26H,3-6,11-12H2,1-2H3,(H,23,24,25)/t14-/m0/s1. The van der Waals surface area contributed by atoms with E-state index in [1.54, 1.807) is 12.4 Å². The lowest BCUT2D eigenvalue weighted by atomic mass is 9.85. The quantitative estimate of drug-likeness (QED) is 0.712. The second-order valence-electron chi connectivity index (χ2n) is 8.33. The number of hydrogen-bond donors (Lipinski definition) is 2. The molecule has 6 heteroatoms. The maximum atomic E-state index is 4.95. The van der Waals surface area contributed by atoms with E-state index in [0.717, 1.165) is 35.0 Å². The topological polar surface area (TPSA) is 62.7 Å². The van der Waals surface area contributed by atoms with Gasteiger partial charge in [0.25, 0.3) is 0 Å². The van der Waals surface area contributed by atoms with Crippen LogP contribution in [0.25, 0.3) is 21.6 Å². The van der Waals surface area contributed by atoms with Crippen LogP contribution < -0.4 is 10.6 Å². The Morgan fingerprint density at radius 3 is 2.74 bits per heavy atom. The van der Waals surface area contributed by atoms with Gasteiger partial charge in [-0.3, -0.25) is 4.98 Å². The molecule has 0 spiro atoms. The van der Waals surface area contributed by atoms with E-state index in [1.807, 2.05) is 23.5 Å². The van der Waals surface area contributed by atoms with Crippen LogP contribution in [-0.2, 0) is 12.8 Å². The van der Waals surface area contributed by atoms with Gasteiger partial charge in [-0.2, -0.15) is 0 Å². The van der Waals surface area contributed by atoms with E-state index in [9.17, 15) is 0 Å². The smallest absolute Gasteiger partial charge is 0.163 e. The van der Waals surface area contributed by atoms with E-state index in [1.165, 1.54) is 41.5 Å². The van der Waals surface area contributed by atoms with Gasteiger partial charge in [-0.15, -0.1) is 11.3 Å². The molecule has 2 N–H and O–H groups in total. The molecule has 3 aromatic heterocycles. The van der Waals surface area contributed by atoms with Gasteiger partial charge >= 0.3 is 0 Å². The van der Waals surface area contributed by atoms with E-state index in [4.69, 9.17) is 9.97 Å². The maximum absolute atomic E-state index is 4.95. The molecule has 0 saturated carbocycles. The number of rotatable bonds is 4. The van der Waals surface area contributed by atoms with Gasteiger partial charge in [0.15, 0.2) is 5.82 Å². The van der Waals surface area contributed by atoms with Gasteiger partial charge in [-0.1, -0.05) is 0 Å². The lowest BCUT2D eigenvalue weighted by molar-refractivity contribution is 0.184. The van der Waals surface area contributed by atoms with Crippen molar-refractivity contribution < 1.29 is 0 Å². The summed E-state index contributed by atoms with van der Waals surface area (Å²) in [5, 5.41) is 8.54. The van der Waals surface area contributed by atoms with Gasteiger partial charge in [0, 0.05) is 41.0 Å². The zero-order valence-electron chi connectivity index (χ0n) is 15.9. The fourth-order valence-corrected chi connectivity index (χ4v) is 5.67. The normalized spacial score (nSPS) is 20.9. The number of hydrogen-bond acceptors (Lipinski definition) is 6. The van der Waals surface area contributed by atoms with Crippen LogP contribution in [0, 0.1) is 0 Å². The van der Waals surface area contributed by atoms with Gasteiger partial charge in [0.2, 0.25) is 0 Å². The Morgan fingerprint density at radius 1 is 1.19 bits per heavy atom. The largest absolute Gasteiger partial charge is 0.368 e. The molecule has 1 aliphatic carbocycles. The minimum atomic E-state index is 0.261. The van der Waals surface area contributed by atoms with Crippen LogP contribution in [0.2, 0.25) is 0 Å². The molecule has 0 amide bonds. The summed E-state index contributed by atoms with van der Waals surface area (Å²) in [4.78, 5) is 16.6. The van der Waals surface area contributed by atoms with Crippen molar-refractivity contribution in [2.24, 2.45) is 0 Å². The van der Waals surface area contributed by atoms with Crippen molar-refractivity contribution in [2.45, 2.75) is 57.5 Å². The van der Waals surface area contributed by atoms with Crippen molar-refractivity contribution in [1.82, 2.24) is 20.3 Å². The minimum absolute atomic E-state index is 0.261. The zero-order chi connectivity index (χ0) is 18.4. The van der Waals surface area contributed by atoms with E-state index < -0.39 is 0 Å². The van der Waals surface area contributed by atoms with E-state index in [2.05, 4.69) is 29.5 Å². The molecule has 1 fully saturated rings. The fraction of sp³-hybridized carbons (Fsp3) is 0.476. The molecule has 1 saturated heterocycles. The summed E-state index contributed by atoms with van der Waals surface area (Å²) in [6.07, 6.45) is 9.67. The first kappa shape index (κ1) is 17.1. The van der Waals surface area contributed by atoms with E-state index >= 15 is 0 Å². The first-order valence-electron chi connectivity index (χ1n) is 9.83. The van der Waals surface area contributed by atoms with Crippen LogP contribution in [0.4, 0.5) is 5.82 Å². The van der Waals surface area contributed by atoms with Gasteiger partial charge in [-0.25, -0.2) is 9.97 Å². The predicted molar refractivity (Wildman–Crippen MR) is 111 cm³/mol. The Labute approximate surface area is 163 Å². The van der Waals surface area contributed by atoms with Crippen LogP contribution in [0.5, 0.6) is 0 Å². The Hall–Kier alpha value is -2.05. The molecule has 0 aromatic carbocycles. The molecule has 27 heavy (non-hydrogen) atoms. The SMILES string of the molecule is CC1(C)C[C@@H](CNc2nc(-c3ccncc3)nc3sc4c(c23)CCCC4)N1. The average Bonchev–Trinajstić information content (AvgIpc) is 3.03. The molecule has 5 rings (SSSR count). The van der Waals surface area contributed by atoms with Crippen LogP contribution >= 0.6 is 11.3 Å². The Balaban J connectivity index is 1.54. The number of nitrogens with zero attached hydrogens (tertiary/aromatic N) is 3. The Bertz CT molecular complexity index is 971. The van der Waals surface area contributed by atoms with Crippen molar-refractivity contribution in [3.63, 3.8) is 0 Å². The summed E-state index contributed by atoms with van der Waals surface area (Å²) in [6, 6.07) is 4.46. The predicted octanol–water partition coefficient (Wildman–Crippen LogP) is 4.18. The summed E-state index contributed by atoms with van der Waals surface area (Å²) < 4.78 is 0. The second-order valence-corrected chi connectivity index (χ2v) is 9.42. The molecule has 3 aromatic rings. The average molecular weight is 380 g/mol. The number of fused-ring (bicyclic) bond motifs is 3. The number of nitrogens with one attached hydrogen (secondary N) is 2. The monoisotopic (exact) mass is 379 g/mol. The summed E-state index contributed by atoms with van der Waals surface area (Å²) in [7, 11) is 0. The highest BCUT2D eigenvalue weighted by Gasteiger charge is 2.34. The molecule has 0 bridgehead atoms. The molecule has 2 aliphatic rings.